The van der Waals surface area contributed by atoms with Crippen molar-refractivity contribution in [2.45, 2.75) is 38.4 Å². The lowest BCUT2D eigenvalue weighted by Gasteiger charge is -2.23. The number of benzene rings is 1. The second-order valence-electron chi connectivity index (χ2n) is 6.34. The molecule has 2 N–H and O–H groups in total. The van der Waals surface area contributed by atoms with E-state index in [1.807, 2.05) is 18.2 Å². The molecule has 0 saturated heterocycles. The van der Waals surface area contributed by atoms with Gasteiger partial charge in [0, 0.05) is 12.6 Å². The van der Waals surface area contributed by atoms with Crippen molar-refractivity contribution in [3.63, 3.8) is 0 Å². The highest BCUT2D eigenvalue weighted by atomic mass is 16.7. The molecule has 0 radical (unpaired) electrons. The van der Waals surface area contributed by atoms with Gasteiger partial charge in [0.05, 0.1) is 12.6 Å². The normalized spacial score (nSPS) is 16.8. The first kappa shape index (κ1) is 16.6. The standard InChI is InChI=1S/C17H23N3O4/c1-11(20(2)9-16(21)19-13-4-5-13)17(22)18-8-12-3-6-14-15(7-12)24-10-23-14/h3,6-7,11,13H,4-5,8-10H2,1-2H3,(H,18,22)(H,19,21)/t11-/m1/s1. The number of rotatable bonds is 7. The number of nitrogens with zero attached hydrogens (tertiary/aromatic N) is 1. The van der Waals surface area contributed by atoms with Gasteiger partial charge in [0.2, 0.25) is 18.6 Å². The van der Waals surface area contributed by atoms with Crippen LogP contribution in [0.15, 0.2) is 18.2 Å². The van der Waals surface area contributed by atoms with Crippen LogP contribution in [0.4, 0.5) is 0 Å². The van der Waals surface area contributed by atoms with E-state index in [1.54, 1.807) is 18.9 Å². The Labute approximate surface area is 141 Å². The lowest BCUT2D eigenvalue weighted by atomic mass is 10.2. The van der Waals surface area contributed by atoms with E-state index >= 15 is 0 Å². The van der Waals surface area contributed by atoms with Gasteiger partial charge in [0.15, 0.2) is 11.5 Å². The number of carbonyl (C=O) groups excluding carboxylic acids is 2. The van der Waals surface area contributed by atoms with Crippen LogP contribution < -0.4 is 20.1 Å². The number of nitrogens with one attached hydrogen (secondary N) is 2. The minimum atomic E-state index is -0.385. The molecule has 1 saturated carbocycles. The molecular formula is C17H23N3O4. The summed E-state index contributed by atoms with van der Waals surface area (Å²) in [5, 5.41) is 5.81. The average molecular weight is 333 g/mol. The summed E-state index contributed by atoms with van der Waals surface area (Å²) in [4.78, 5) is 25.8. The molecule has 1 atom stereocenters. The maximum absolute atomic E-state index is 12.3. The monoisotopic (exact) mass is 333 g/mol. The summed E-state index contributed by atoms with van der Waals surface area (Å²) in [6.07, 6.45) is 2.11. The third-order valence-corrected chi connectivity index (χ3v) is 4.28. The van der Waals surface area contributed by atoms with Crippen LogP contribution in [0.5, 0.6) is 11.5 Å². The van der Waals surface area contributed by atoms with Gasteiger partial charge in [-0.2, -0.15) is 0 Å². The third-order valence-electron chi connectivity index (χ3n) is 4.28. The average Bonchev–Trinajstić information content (AvgIpc) is 3.24. The molecule has 1 aromatic rings. The molecule has 3 rings (SSSR count). The second-order valence-corrected chi connectivity index (χ2v) is 6.34. The Bertz CT molecular complexity index is 630. The quantitative estimate of drug-likeness (QED) is 0.765. The fourth-order valence-electron chi connectivity index (χ4n) is 2.45. The van der Waals surface area contributed by atoms with E-state index in [9.17, 15) is 9.59 Å². The second kappa shape index (κ2) is 7.09. The van der Waals surface area contributed by atoms with Gasteiger partial charge in [-0.05, 0) is 44.5 Å². The molecule has 1 fully saturated rings. The summed E-state index contributed by atoms with van der Waals surface area (Å²) in [5.41, 5.74) is 0.939. The van der Waals surface area contributed by atoms with Crippen molar-refractivity contribution in [1.82, 2.24) is 15.5 Å². The molecule has 1 heterocycles. The summed E-state index contributed by atoms with van der Waals surface area (Å²) in [6.45, 7) is 2.65. The van der Waals surface area contributed by atoms with Crippen molar-refractivity contribution in [3.8, 4) is 11.5 Å². The maximum Gasteiger partial charge on any atom is 0.237 e. The minimum absolute atomic E-state index is 0.0320. The van der Waals surface area contributed by atoms with E-state index in [0.29, 0.717) is 18.3 Å². The molecule has 1 aliphatic heterocycles. The van der Waals surface area contributed by atoms with Crippen molar-refractivity contribution >= 4 is 11.8 Å². The molecule has 0 bridgehead atoms. The van der Waals surface area contributed by atoms with Crippen molar-refractivity contribution in [2.24, 2.45) is 0 Å². The van der Waals surface area contributed by atoms with E-state index < -0.39 is 0 Å². The number of hydrogen-bond acceptors (Lipinski definition) is 5. The summed E-state index contributed by atoms with van der Waals surface area (Å²) < 4.78 is 10.6. The van der Waals surface area contributed by atoms with Gasteiger partial charge < -0.3 is 20.1 Å². The molecule has 24 heavy (non-hydrogen) atoms. The predicted molar refractivity (Wildman–Crippen MR) is 87.7 cm³/mol. The van der Waals surface area contributed by atoms with Crippen LogP contribution >= 0.6 is 0 Å². The molecule has 0 spiro atoms. The van der Waals surface area contributed by atoms with Gasteiger partial charge in [-0.25, -0.2) is 0 Å². The molecule has 130 valence electrons. The molecule has 1 aromatic carbocycles. The number of amides is 2. The molecule has 0 aromatic heterocycles. The largest absolute Gasteiger partial charge is 0.454 e. The zero-order valence-electron chi connectivity index (χ0n) is 14.0. The van der Waals surface area contributed by atoms with E-state index in [1.165, 1.54) is 0 Å². The number of ether oxygens (including phenoxy) is 2. The van der Waals surface area contributed by atoms with Gasteiger partial charge in [0.1, 0.15) is 0 Å². The number of fused-ring (bicyclic) bond motifs is 1. The zero-order chi connectivity index (χ0) is 17.1. The highest BCUT2D eigenvalue weighted by Crippen LogP contribution is 2.32. The Morgan fingerprint density at radius 3 is 2.79 bits per heavy atom. The molecule has 1 aliphatic carbocycles. The van der Waals surface area contributed by atoms with Gasteiger partial charge in [-0.15, -0.1) is 0 Å². The molecule has 0 unspecified atom stereocenters. The Morgan fingerprint density at radius 2 is 2.04 bits per heavy atom. The van der Waals surface area contributed by atoms with Gasteiger partial charge >= 0.3 is 0 Å². The first-order valence-electron chi connectivity index (χ1n) is 8.19. The summed E-state index contributed by atoms with van der Waals surface area (Å²) in [6, 6.07) is 5.54. The maximum atomic E-state index is 12.3. The first-order valence-corrected chi connectivity index (χ1v) is 8.19. The van der Waals surface area contributed by atoms with Crippen LogP contribution in [-0.2, 0) is 16.1 Å². The van der Waals surface area contributed by atoms with Crippen molar-refractivity contribution in [3.05, 3.63) is 23.8 Å². The zero-order valence-corrected chi connectivity index (χ0v) is 14.0. The first-order chi connectivity index (χ1) is 11.5. The third kappa shape index (κ3) is 4.17. The van der Waals surface area contributed by atoms with E-state index in [4.69, 9.17) is 9.47 Å². The smallest absolute Gasteiger partial charge is 0.237 e. The highest BCUT2D eigenvalue weighted by molar-refractivity contribution is 5.83. The fourth-order valence-corrected chi connectivity index (χ4v) is 2.45. The number of carbonyl (C=O) groups is 2. The Kier molecular flexibility index (Phi) is 4.89. The van der Waals surface area contributed by atoms with Crippen LogP contribution in [0, 0.1) is 0 Å². The minimum Gasteiger partial charge on any atom is -0.454 e. The van der Waals surface area contributed by atoms with Crippen LogP contribution in [0.3, 0.4) is 0 Å². The Hall–Kier alpha value is -2.28. The van der Waals surface area contributed by atoms with Gasteiger partial charge in [0.25, 0.3) is 0 Å². The van der Waals surface area contributed by atoms with E-state index in [0.717, 1.165) is 24.2 Å². The van der Waals surface area contributed by atoms with Crippen molar-refractivity contribution < 1.29 is 19.1 Å². The molecule has 7 heteroatoms. The Balaban J connectivity index is 1.45. The van der Waals surface area contributed by atoms with Gasteiger partial charge in [-0.1, -0.05) is 6.07 Å². The summed E-state index contributed by atoms with van der Waals surface area (Å²) in [7, 11) is 1.78. The Morgan fingerprint density at radius 1 is 1.29 bits per heavy atom. The molecular weight excluding hydrogens is 310 g/mol. The summed E-state index contributed by atoms with van der Waals surface area (Å²) >= 11 is 0. The van der Waals surface area contributed by atoms with Crippen molar-refractivity contribution in [2.75, 3.05) is 20.4 Å². The molecule has 2 amide bonds. The topological polar surface area (TPSA) is 79.9 Å². The van der Waals surface area contributed by atoms with Crippen LogP contribution in [0.2, 0.25) is 0 Å². The molecule has 7 nitrogen and oxygen atoms in total. The van der Waals surface area contributed by atoms with Crippen LogP contribution in [0.1, 0.15) is 25.3 Å². The summed E-state index contributed by atoms with van der Waals surface area (Å²) in [5.74, 6) is 1.27. The van der Waals surface area contributed by atoms with Crippen LogP contribution in [-0.4, -0.2) is 49.2 Å². The number of likely N-dealkylation sites (N-methyl/N-ethyl adjacent to an activating group) is 1. The van der Waals surface area contributed by atoms with E-state index in [2.05, 4.69) is 10.6 Å². The SMILES string of the molecule is C[C@H](C(=O)NCc1ccc2c(c1)OCO2)N(C)CC(=O)NC1CC1. The van der Waals surface area contributed by atoms with Gasteiger partial charge in [-0.3, -0.25) is 14.5 Å². The predicted octanol–water partition coefficient (Wildman–Crippen LogP) is 0.630. The lowest BCUT2D eigenvalue weighted by molar-refractivity contribution is -0.127. The highest BCUT2D eigenvalue weighted by Gasteiger charge is 2.25. The number of hydrogen-bond donors (Lipinski definition) is 2. The van der Waals surface area contributed by atoms with E-state index in [-0.39, 0.29) is 31.2 Å². The molecule has 2 aliphatic rings. The van der Waals surface area contributed by atoms with Crippen LogP contribution in [0.25, 0.3) is 0 Å². The fraction of sp³-hybridized carbons (Fsp3) is 0.529. The van der Waals surface area contributed by atoms with Crippen molar-refractivity contribution in [1.29, 1.82) is 0 Å². The lowest BCUT2D eigenvalue weighted by Crippen LogP contribution is -2.47.